The van der Waals surface area contributed by atoms with Crippen molar-refractivity contribution in [1.82, 2.24) is 9.55 Å². The maximum atomic E-state index is 12.8. The van der Waals surface area contributed by atoms with E-state index in [0.717, 1.165) is 0 Å². The summed E-state index contributed by atoms with van der Waals surface area (Å²) in [6.45, 7) is 3.96. The molecule has 33 heavy (non-hydrogen) atoms. The van der Waals surface area contributed by atoms with Gasteiger partial charge in [-0.15, -0.1) is 0 Å². The molecule has 0 saturated heterocycles. The molecule has 0 aliphatic rings. The van der Waals surface area contributed by atoms with Crippen LogP contribution in [0.2, 0.25) is 0 Å². The number of fused-ring (bicyclic) bond motifs is 1. The molecule has 0 unspecified atom stereocenters. The first-order chi connectivity index (χ1) is 15.8. The third-order valence-electron chi connectivity index (χ3n) is 5.07. The number of carbonyl (C=O) groups is 2. The summed E-state index contributed by atoms with van der Waals surface area (Å²) in [5.41, 5.74) is 1.51. The molecule has 0 fully saturated rings. The van der Waals surface area contributed by atoms with Crippen LogP contribution in [0.5, 0.6) is 11.5 Å². The number of ether oxygens (including phenoxy) is 2. The average Bonchev–Trinajstić information content (AvgIpc) is 2.80. The predicted molar refractivity (Wildman–Crippen MR) is 127 cm³/mol. The fraction of sp³-hybridized carbons (Fsp3) is 0.333. The highest BCUT2D eigenvalue weighted by Gasteiger charge is 2.12. The fourth-order valence-electron chi connectivity index (χ4n) is 3.24. The van der Waals surface area contributed by atoms with Gasteiger partial charge in [0.2, 0.25) is 11.8 Å². The number of anilines is 2. The lowest BCUT2D eigenvalue weighted by atomic mass is 10.2. The Morgan fingerprint density at radius 2 is 1.70 bits per heavy atom. The summed E-state index contributed by atoms with van der Waals surface area (Å²) < 4.78 is 12.0. The summed E-state index contributed by atoms with van der Waals surface area (Å²) in [4.78, 5) is 41.4. The molecule has 0 saturated carbocycles. The van der Waals surface area contributed by atoms with Crippen LogP contribution in [0.25, 0.3) is 10.9 Å². The van der Waals surface area contributed by atoms with Crippen molar-refractivity contribution in [3.63, 3.8) is 0 Å². The SMILES string of the molecule is COc1cc2ncn(CCCC(=O)Nc3cccc(NC(=O)C(C)C)c3)c(=O)c2cc1OC. The Hall–Kier alpha value is -3.88. The molecule has 9 heteroatoms. The lowest BCUT2D eigenvalue weighted by Gasteiger charge is -2.11. The molecule has 2 N–H and O–H groups in total. The number of nitrogens with one attached hydrogen (secondary N) is 2. The summed E-state index contributed by atoms with van der Waals surface area (Å²) in [5, 5.41) is 6.04. The standard InChI is InChI=1S/C24H28N4O5/c1-15(2)23(30)27-17-8-5-7-16(11-17)26-22(29)9-6-10-28-14-25-19-13-21(33-4)20(32-3)12-18(19)24(28)31/h5,7-8,11-15H,6,9-10H2,1-4H3,(H,26,29)(H,27,30). The lowest BCUT2D eigenvalue weighted by molar-refractivity contribution is -0.119. The van der Waals surface area contributed by atoms with Crippen LogP contribution in [0.1, 0.15) is 26.7 Å². The Morgan fingerprint density at radius 3 is 2.36 bits per heavy atom. The Kier molecular flexibility index (Phi) is 7.66. The molecule has 3 aromatic rings. The number of amides is 2. The van der Waals surface area contributed by atoms with Crippen LogP contribution >= 0.6 is 0 Å². The number of rotatable bonds is 9. The number of methoxy groups -OCH3 is 2. The number of hydrogen-bond acceptors (Lipinski definition) is 6. The van der Waals surface area contributed by atoms with Gasteiger partial charge in [0, 0.05) is 36.3 Å². The quantitative estimate of drug-likeness (QED) is 0.515. The Balaban J connectivity index is 1.61. The second-order valence-electron chi connectivity index (χ2n) is 7.84. The summed E-state index contributed by atoms with van der Waals surface area (Å²) in [5.74, 6) is 0.533. The van der Waals surface area contributed by atoms with Crippen molar-refractivity contribution in [2.24, 2.45) is 5.92 Å². The van der Waals surface area contributed by atoms with Crippen molar-refractivity contribution in [1.29, 1.82) is 0 Å². The second-order valence-corrected chi connectivity index (χ2v) is 7.84. The van der Waals surface area contributed by atoms with Gasteiger partial charge in [0.15, 0.2) is 11.5 Å². The van der Waals surface area contributed by atoms with Gasteiger partial charge in [-0.1, -0.05) is 19.9 Å². The first-order valence-corrected chi connectivity index (χ1v) is 10.6. The molecule has 9 nitrogen and oxygen atoms in total. The van der Waals surface area contributed by atoms with E-state index in [9.17, 15) is 14.4 Å². The topological polar surface area (TPSA) is 112 Å². The normalized spacial score (nSPS) is 10.8. The summed E-state index contributed by atoms with van der Waals surface area (Å²) in [7, 11) is 3.03. The Morgan fingerprint density at radius 1 is 1.03 bits per heavy atom. The van der Waals surface area contributed by atoms with Gasteiger partial charge >= 0.3 is 0 Å². The minimum atomic E-state index is -0.213. The highest BCUT2D eigenvalue weighted by Crippen LogP contribution is 2.29. The summed E-state index contributed by atoms with van der Waals surface area (Å²) in [6.07, 6.45) is 2.14. The maximum Gasteiger partial charge on any atom is 0.261 e. The van der Waals surface area contributed by atoms with E-state index < -0.39 is 0 Å². The molecule has 0 atom stereocenters. The number of benzene rings is 2. The van der Waals surface area contributed by atoms with Gasteiger partial charge in [0.1, 0.15) is 0 Å². The number of aromatic nitrogens is 2. The smallest absolute Gasteiger partial charge is 0.261 e. The molecule has 0 aliphatic heterocycles. The van der Waals surface area contributed by atoms with Crippen molar-refractivity contribution in [3.05, 3.63) is 53.1 Å². The molecule has 0 aliphatic carbocycles. The first kappa shape index (κ1) is 23.8. The highest BCUT2D eigenvalue weighted by atomic mass is 16.5. The van der Waals surface area contributed by atoms with Crippen LogP contribution in [-0.2, 0) is 16.1 Å². The molecule has 0 spiro atoms. The van der Waals surface area contributed by atoms with Crippen LogP contribution in [0.4, 0.5) is 11.4 Å². The molecule has 0 bridgehead atoms. The zero-order valence-corrected chi connectivity index (χ0v) is 19.2. The molecule has 1 heterocycles. The average molecular weight is 453 g/mol. The summed E-state index contributed by atoms with van der Waals surface area (Å²) in [6, 6.07) is 10.2. The minimum absolute atomic E-state index is 0.0935. The van der Waals surface area contributed by atoms with Gasteiger partial charge in [0.25, 0.3) is 5.56 Å². The second kappa shape index (κ2) is 10.6. The van der Waals surface area contributed by atoms with E-state index in [2.05, 4.69) is 15.6 Å². The molecule has 2 aromatic carbocycles. The van der Waals surface area contributed by atoms with E-state index in [1.54, 1.807) is 36.4 Å². The molecular formula is C24H28N4O5. The van der Waals surface area contributed by atoms with E-state index in [-0.39, 0.29) is 29.7 Å². The van der Waals surface area contributed by atoms with Crippen molar-refractivity contribution in [3.8, 4) is 11.5 Å². The lowest BCUT2D eigenvalue weighted by Crippen LogP contribution is -2.22. The van der Waals surface area contributed by atoms with Crippen LogP contribution in [0.3, 0.4) is 0 Å². The third-order valence-corrected chi connectivity index (χ3v) is 5.07. The first-order valence-electron chi connectivity index (χ1n) is 10.6. The van der Waals surface area contributed by atoms with Gasteiger partial charge in [-0.2, -0.15) is 0 Å². The monoisotopic (exact) mass is 452 g/mol. The van der Waals surface area contributed by atoms with Crippen LogP contribution in [-0.4, -0.2) is 35.6 Å². The molecular weight excluding hydrogens is 424 g/mol. The van der Waals surface area contributed by atoms with Crippen molar-refractivity contribution >= 4 is 34.1 Å². The molecule has 3 rings (SSSR count). The fourth-order valence-corrected chi connectivity index (χ4v) is 3.24. The zero-order chi connectivity index (χ0) is 24.0. The van der Waals surface area contributed by atoms with E-state index in [0.29, 0.717) is 46.7 Å². The maximum absolute atomic E-state index is 12.8. The van der Waals surface area contributed by atoms with Crippen molar-refractivity contribution < 1.29 is 19.1 Å². The largest absolute Gasteiger partial charge is 0.493 e. The van der Waals surface area contributed by atoms with E-state index >= 15 is 0 Å². The minimum Gasteiger partial charge on any atom is -0.493 e. The van der Waals surface area contributed by atoms with Gasteiger partial charge in [-0.25, -0.2) is 4.98 Å². The number of aryl methyl sites for hydroxylation is 1. The molecule has 1 aromatic heterocycles. The van der Waals surface area contributed by atoms with Gasteiger partial charge in [-0.05, 0) is 30.7 Å². The van der Waals surface area contributed by atoms with E-state index in [1.807, 2.05) is 13.8 Å². The van der Waals surface area contributed by atoms with Crippen molar-refractivity contribution in [2.75, 3.05) is 24.9 Å². The Bertz CT molecular complexity index is 1220. The summed E-state index contributed by atoms with van der Waals surface area (Å²) >= 11 is 0. The van der Waals surface area contributed by atoms with Gasteiger partial charge in [0.05, 0.1) is 31.4 Å². The van der Waals surface area contributed by atoms with E-state index in [4.69, 9.17) is 9.47 Å². The molecule has 2 amide bonds. The van der Waals surface area contributed by atoms with Crippen molar-refractivity contribution in [2.45, 2.75) is 33.2 Å². The number of hydrogen-bond donors (Lipinski definition) is 2. The number of carbonyl (C=O) groups excluding carboxylic acids is 2. The predicted octanol–water partition coefficient (Wildman–Crippen LogP) is 3.43. The van der Waals surface area contributed by atoms with Crippen LogP contribution in [0, 0.1) is 5.92 Å². The molecule has 174 valence electrons. The zero-order valence-electron chi connectivity index (χ0n) is 19.2. The third kappa shape index (κ3) is 5.88. The van der Waals surface area contributed by atoms with E-state index in [1.165, 1.54) is 25.1 Å². The highest BCUT2D eigenvalue weighted by molar-refractivity contribution is 5.94. The molecule has 0 radical (unpaired) electrons. The van der Waals surface area contributed by atoms with Crippen LogP contribution < -0.4 is 25.7 Å². The van der Waals surface area contributed by atoms with Gasteiger partial charge < -0.3 is 20.1 Å². The van der Waals surface area contributed by atoms with Crippen LogP contribution in [0.15, 0.2) is 47.5 Å². The number of nitrogens with zero attached hydrogens (tertiary/aromatic N) is 2. The Labute approximate surface area is 191 Å². The van der Waals surface area contributed by atoms with Gasteiger partial charge in [-0.3, -0.25) is 19.0 Å².